The van der Waals surface area contributed by atoms with Gasteiger partial charge in [-0.25, -0.2) is 0 Å². The van der Waals surface area contributed by atoms with Crippen LogP contribution in [0.5, 0.6) is 0 Å². The summed E-state index contributed by atoms with van der Waals surface area (Å²) < 4.78 is 0. The molecule has 2 aromatic rings. The quantitative estimate of drug-likeness (QED) is 0.834. The first-order chi connectivity index (χ1) is 11.1. The van der Waals surface area contributed by atoms with E-state index in [-0.39, 0.29) is 17.9 Å². The summed E-state index contributed by atoms with van der Waals surface area (Å²) in [6, 6.07) is 20.2. The van der Waals surface area contributed by atoms with Gasteiger partial charge in [-0.3, -0.25) is 4.79 Å². The second kappa shape index (κ2) is 6.04. The zero-order chi connectivity index (χ0) is 16.4. The molecule has 2 heteroatoms. The average Bonchev–Trinajstić information content (AvgIpc) is 3.21. The van der Waals surface area contributed by atoms with Crippen LogP contribution >= 0.6 is 0 Å². The highest BCUT2D eigenvalue weighted by Crippen LogP contribution is 2.59. The van der Waals surface area contributed by atoms with Gasteiger partial charge in [-0.15, -0.1) is 0 Å². The minimum absolute atomic E-state index is 0.00445. The zero-order valence-corrected chi connectivity index (χ0v) is 13.9. The van der Waals surface area contributed by atoms with Crippen molar-refractivity contribution in [2.24, 2.45) is 5.92 Å². The van der Waals surface area contributed by atoms with Gasteiger partial charge in [0.1, 0.15) is 5.41 Å². The third-order valence-electron chi connectivity index (χ3n) is 5.03. The molecule has 0 aliphatic heterocycles. The summed E-state index contributed by atoms with van der Waals surface area (Å²) in [5.41, 5.74) is 2.91. The van der Waals surface area contributed by atoms with E-state index in [1.807, 2.05) is 62.4 Å². The Morgan fingerprint density at radius 3 is 2.17 bits per heavy atom. The first kappa shape index (κ1) is 15.5. The monoisotopic (exact) mass is 305 g/mol. The Kier molecular flexibility index (Phi) is 4.08. The van der Waals surface area contributed by atoms with Crippen molar-refractivity contribution in [2.75, 3.05) is 0 Å². The summed E-state index contributed by atoms with van der Waals surface area (Å²) >= 11 is 0. The summed E-state index contributed by atoms with van der Waals surface area (Å²) in [7, 11) is 0. The Hall–Kier alpha value is -2.35. The molecule has 1 N–H and O–H groups in total. The number of rotatable bonds is 4. The van der Waals surface area contributed by atoms with E-state index in [1.165, 1.54) is 5.57 Å². The zero-order valence-electron chi connectivity index (χ0n) is 13.9. The van der Waals surface area contributed by atoms with Crippen molar-refractivity contribution in [3.8, 4) is 0 Å². The summed E-state index contributed by atoms with van der Waals surface area (Å²) in [6.45, 7) is 6.19. The number of carbonyl (C=O) groups is 1. The van der Waals surface area contributed by atoms with E-state index in [9.17, 15) is 4.79 Å². The standard InChI is InChI=1S/C21H23NO/c1-4-19-15(2)21(19,18-13-9-6-10-14-18)20(23)22-16(3)17-11-7-5-8-12-17/h4-16H,1-3H3,(H,22,23)/b19-4+/t15-,16+,21-/m1/s1. The third kappa shape index (κ3) is 2.48. The van der Waals surface area contributed by atoms with Crippen LogP contribution in [0.3, 0.4) is 0 Å². The third-order valence-corrected chi connectivity index (χ3v) is 5.03. The van der Waals surface area contributed by atoms with E-state index in [0.29, 0.717) is 0 Å². The molecular weight excluding hydrogens is 282 g/mol. The molecule has 1 fully saturated rings. The Balaban J connectivity index is 1.89. The predicted octanol–water partition coefficient (Wildman–Crippen LogP) is 4.40. The lowest BCUT2D eigenvalue weighted by atomic mass is 9.91. The van der Waals surface area contributed by atoms with Gasteiger partial charge in [0.15, 0.2) is 0 Å². The largest absolute Gasteiger partial charge is 0.349 e. The molecule has 1 aliphatic carbocycles. The van der Waals surface area contributed by atoms with Crippen LogP contribution in [0, 0.1) is 5.92 Å². The molecule has 3 atom stereocenters. The fourth-order valence-corrected chi connectivity index (χ4v) is 3.70. The Morgan fingerprint density at radius 1 is 1.09 bits per heavy atom. The second-order valence-corrected chi connectivity index (χ2v) is 6.25. The van der Waals surface area contributed by atoms with Gasteiger partial charge in [0.2, 0.25) is 5.91 Å². The SMILES string of the molecule is C/C=C1\[C@@H](C)[C@@]1(C(=O)N[C@@H](C)c1ccccc1)c1ccccc1. The van der Waals surface area contributed by atoms with E-state index < -0.39 is 5.41 Å². The maximum Gasteiger partial charge on any atom is 0.235 e. The van der Waals surface area contributed by atoms with Crippen LogP contribution in [0.15, 0.2) is 72.3 Å². The highest BCUT2D eigenvalue weighted by Gasteiger charge is 2.63. The number of nitrogens with one attached hydrogen (secondary N) is 1. The summed E-state index contributed by atoms with van der Waals surface area (Å²) in [6.07, 6.45) is 2.09. The summed E-state index contributed by atoms with van der Waals surface area (Å²) in [5, 5.41) is 3.21. The summed E-state index contributed by atoms with van der Waals surface area (Å²) in [5.74, 6) is 0.346. The topological polar surface area (TPSA) is 29.1 Å². The van der Waals surface area contributed by atoms with E-state index in [0.717, 1.165) is 11.1 Å². The Labute approximate surface area is 138 Å². The summed E-state index contributed by atoms with van der Waals surface area (Å²) in [4.78, 5) is 13.1. The first-order valence-electron chi connectivity index (χ1n) is 8.20. The number of allylic oxidation sites excluding steroid dienone is 1. The molecule has 0 bridgehead atoms. The van der Waals surface area contributed by atoms with Crippen LogP contribution < -0.4 is 5.32 Å². The smallest absolute Gasteiger partial charge is 0.235 e. The van der Waals surface area contributed by atoms with Crippen molar-refractivity contribution < 1.29 is 4.79 Å². The van der Waals surface area contributed by atoms with Gasteiger partial charge in [-0.1, -0.05) is 73.7 Å². The number of benzene rings is 2. The maximum atomic E-state index is 13.1. The molecule has 118 valence electrons. The molecule has 0 saturated heterocycles. The number of hydrogen-bond donors (Lipinski definition) is 1. The van der Waals surface area contributed by atoms with Crippen molar-refractivity contribution in [3.05, 3.63) is 83.4 Å². The van der Waals surface area contributed by atoms with Crippen LogP contribution in [0.4, 0.5) is 0 Å². The molecule has 0 heterocycles. The van der Waals surface area contributed by atoms with E-state index in [4.69, 9.17) is 0 Å². The van der Waals surface area contributed by atoms with Crippen LogP contribution in [0.25, 0.3) is 0 Å². The van der Waals surface area contributed by atoms with Gasteiger partial charge in [0.25, 0.3) is 0 Å². The van der Waals surface area contributed by atoms with Crippen molar-refractivity contribution in [2.45, 2.75) is 32.2 Å². The molecule has 1 amide bonds. The molecular formula is C21H23NO. The Morgan fingerprint density at radius 2 is 1.65 bits per heavy atom. The van der Waals surface area contributed by atoms with Crippen molar-refractivity contribution in [1.29, 1.82) is 0 Å². The lowest BCUT2D eigenvalue weighted by Gasteiger charge is -2.21. The fourth-order valence-electron chi connectivity index (χ4n) is 3.70. The van der Waals surface area contributed by atoms with Crippen molar-refractivity contribution in [3.63, 3.8) is 0 Å². The van der Waals surface area contributed by atoms with Gasteiger partial charge in [0, 0.05) is 5.92 Å². The number of amides is 1. The van der Waals surface area contributed by atoms with Crippen LogP contribution in [-0.2, 0) is 10.2 Å². The normalized spacial score (nSPS) is 25.9. The molecule has 0 radical (unpaired) electrons. The van der Waals surface area contributed by atoms with Gasteiger partial charge in [0.05, 0.1) is 6.04 Å². The lowest BCUT2D eigenvalue weighted by Crippen LogP contribution is -2.37. The molecule has 0 spiro atoms. The Bertz CT molecular complexity index is 720. The molecule has 2 nitrogen and oxygen atoms in total. The van der Waals surface area contributed by atoms with Gasteiger partial charge in [-0.05, 0) is 30.5 Å². The van der Waals surface area contributed by atoms with Crippen molar-refractivity contribution >= 4 is 5.91 Å². The maximum absolute atomic E-state index is 13.1. The first-order valence-corrected chi connectivity index (χ1v) is 8.20. The molecule has 2 aromatic carbocycles. The van der Waals surface area contributed by atoms with Crippen LogP contribution in [-0.4, -0.2) is 5.91 Å². The molecule has 0 aromatic heterocycles. The number of hydrogen-bond acceptors (Lipinski definition) is 1. The molecule has 1 saturated carbocycles. The van der Waals surface area contributed by atoms with Gasteiger partial charge in [-0.2, -0.15) is 0 Å². The van der Waals surface area contributed by atoms with Gasteiger partial charge < -0.3 is 5.32 Å². The average molecular weight is 305 g/mol. The van der Waals surface area contributed by atoms with E-state index >= 15 is 0 Å². The molecule has 1 aliphatic rings. The fraction of sp³-hybridized carbons (Fsp3) is 0.286. The van der Waals surface area contributed by atoms with Crippen LogP contribution in [0.2, 0.25) is 0 Å². The van der Waals surface area contributed by atoms with E-state index in [2.05, 4.69) is 30.4 Å². The van der Waals surface area contributed by atoms with E-state index in [1.54, 1.807) is 0 Å². The predicted molar refractivity (Wildman–Crippen MR) is 94.0 cm³/mol. The number of carbonyl (C=O) groups excluding carboxylic acids is 1. The minimum atomic E-state index is -0.501. The lowest BCUT2D eigenvalue weighted by molar-refractivity contribution is -0.124. The highest BCUT2D eigenvalue weighted by atomic mass is 16.2. The molecule has 23 heavy (non-hydrogen) atoms. The highest BCUT2D eigenvalue weighted by molar-refractivity contribution is 5.98. The minimum Gasteiger partial charge on any atom is -0.349 e. The molecule has 0 unspecified atom stereocenters. The van der Waals surface area contributed by atoms with Crippen molar-refractivity contribution in [1.82, 2.24) is 5.32 Å². The van der Waals surface area contributed by atoms with Gasteiger partial charge >= 0.3 is 0 Å². The second-order valence-electron chi connectivity index (χ2n) is 6.25. The molecule has 3 rings (SSSR count). The van der Waals surface area contributed by atoms with Crippen LogP contribution in [0.1, 0.15) is 37.9 Å².